The zero-order chi connectivity index (χ0) is 25.2. The van der Waals surface area contributed by atoms with Crippen molar-refractivity contribution < 1.29 is 18.0 Å². The van der Waals surface area contributed by atoms with E-state index in [2.05, 4.69) is 22.0 Å². The first kappa shape index (κ1) is 26.4. The highest BCUT2D eigenvalue weighted by Crippen LogP contribution is 2.30. The molecule has 2 heterocycles. The Bertz CT molecular complexity index is 1040. The van der Waals surface area contributed by atoms with Crippen LogP contribution >= 0.6 is 11.6 Å². The molecule has 2 aliphatic heterocycles. The standard InChI is InChI=1S/C26H38ClN3O4S/c1-18-16-29(9-10-30(18)26(32)21-5-3-4-6-21)17-22-14-23(27)15-24(19(22)2)28-25(31)13-20-7-11-35(33,34)12-8-20/h14-15,18,20-21H,3-13,16-17H2,1-2H3,(H,28,31). The number of carbonyl (C=O) groups excluding carboxylic acids is 2. The highest BCUT2D eigenvalue weighted by atomic mass is 35.5. The van der Waals surface area contributed by atoms with Crippen LogP contribution in [0.3, 0.4) is 0 Å². The normalized spacial score (nSPS) is 24.0. The summed E-state index contributed by atoms with van der Waals surface area (Å²) in [5, 5.41) is 3.59. The topological polar surface area (TPSA) is 86.8 Å². The van der Waals surface area contributed by atoms with Crippen LogP contribution in [0.1, 0.15) is 63.0 Å². The number of anilines is 1. The SMILES string of the molecule is Cc1c(CN2CCN(C(=O)C3CCCC3)C(C)C2)cc(Cl)cc1NC(=O)CC1CCS(=O)(=O)CC1. The van der Waals surface area contributed by atoms with E-state index in [-0.39, 0.29) is 35.3 Å². The van der Waals surface area contributed by atoms with E-state index in [1.54, 1.807) is 6.07 Å². The van der Waals surface area contributed by atoms with Gasteiger partial charge in [-0.2, -0.15) is 0 Å². The Hall–Kier alpha value is -1.64. The molecular weight excluding hydrogens is 486 g/mol. The molecule has 9 heteroatoms. The fourth-order valence-electron chi connectivity index (χ4n) is 5.79. The molecule has 1 saturated carbocycles. The molecule has 2 amide bonds. The van der Waals surface area contributed by atoms with Gasteiger partial charge in [-0.15, -0.1) is 0 Å². The van der Waals surface area contributed by atoms with E-state index in [4.69, 9.17) is 11.6 Å². The number of nitrogens with one attached hydrogen (secondary N) is 1. The number of benzene rings is 1. The van der Waals surface area contributed by atoms with Gasteiger partial charge in [-0.25, -0.2) is 8.42 Å². The van der Waals surface area contributed by atoms with Crippen LogP contribution in [0, 0.1) is 18.8 Å². The van der Waals surface area contributed by atoms with Crippen LogP contribution in [-0.4, -0.2) is 67.2 Å². The third-order valence-electron chi connectivity index (χ3n) is 8.00. The molecular formula is C26H38ClN3O4S. The van der Waals surface area contributed by atoms with E-state index in [9.17, 15) is 18.0 Å². The molecule has 1 aliphatic carbocycles. The van der Waals surface area contributed by atoms with Crippen molar-refractivity contribution in [2.75, 3.05) is 36.5 Å². The molecule has 0 radical (unpaired) electrons. The van der Waals surface area contributed by atoms with E-state index < -0.39 is 9.84 Å². The summed E-state index contributed by atoms with van der Waals surface area (Å²) in [4.78, 5) is 30.0. The maximum absolute atomic E-state index is 12.9. The van der Waals surface area contributed by atoms with Gasteiger partial charge in [0, 0.05) is 55.3 Å². The molecule has 1 unspecified atom stereocenters. The minimum atomic E-state index is -2.93. The largest absolute Gasteiger partial charge is 0.337 e. The number of piperazine rings is 1. The highest BCUT2D eigenvalue weighted by Gasteiger charge is 2.33. The molecule has 1 aromatic rings. The van der Waals surface area contributed by atoms with Gasteiger partial charge >= 0.3 is 0 Å². The summed E-state index contributed by atoms with van der Waals surface area (Å²) < 4.78 is 23.3. The van der Waals surface area contributed by atoms with Gasteiger partial charge < -0.3 is 10.2 Å². The monoisotopic (exact) mass is 523 g/mol. The van der Waals surface area contributed by atoms with Gasteiger partial charge in [-0.05, 0) is 68.7 Å². The fraction of sp³-hybridized carbons (Fsp3) is 0.692. The van der Waals surface area contributed by atoms with Crippen LogP contribution in [0.25, 0.3) is 0 Å². The van der Waals surface area contributed by atoms with Crippen molar-refractivity contribution in [3.8, 4) is 0 Å². The molecule has 0 bridgehead atoms. The maximum atomic E-state index is 12.9. The van der Waals surface area contributed by atoms with Crippen LogP contribution < -0.4 is 5.32 Å². The predicted molar refractivity (Wildman–Crippen MR) is 139 cm³/mol. The summed E-state index contributed by atoms with van der Waals surface area (Å²) in [6.45, 7) is 7.23. The van der Waals surface area contributed by atoms with Crippen molar-refractivity contribution >= 4 is 38.9 Å². The number of carbonyl (C=O) groups is 2. The summed E-state index contributed by atoms with van der Waals surface area (Å²) in [6.07, 6.45) is 5.81. The van der Waals surface area contributed by atoms with E-state index in [1.807, 2.05) is 13.0 Å². The minimum absolute atomic E-state index is 0.0988. The summed E-state index contributed by atoms with van der Waals surface area (Å²) in [6, 6.07) is 3.92. The first-order valence-electron chi connectivity index (χ1n) is 12.9. The van der Waals surface area contributed by atoms with Gasteiger partial charge in [0.15, 0.2) is 0 Å². The van der Waals surface area contributed by atoms with Crippen LogP contribution in [0.2, 0.25) is 5.02 Å². The average molecular weight is 524 g/mol. The molecule has 35 heavy (non-hydrogen) atoms. The van der Waals surface area contributed by atoms with Crippen molar-refractivity contribution in [2.45, 2.75) is 71.4 Å². The summed E-state index contributed by atoms with van der Waals surface area (Å²) >= 11 is 6.42. The van der Waals surface area contributed by atoms with Crippen LogP contribution in [-0.2, 0) is 26.0 Å². The van der Waals surface area contributed by atoms with Crippen molar-refractivity contribution in [1.82, 2.24) is 9.80 Å². The van der Waals surface area contributed by atoms with Crippen molar-refractivity contribution in [3.63, 3.8) is 0 Å². The summed E-state index contributed by atoms with van der Waals surface area (Å²) in [5.41, 5.74) is 2.77. The number of rotatable bonds is 6. The smallest absolute Gasteiger partial charge is 0.226 e. The molecule has 0 spiro atoms. The van der Waals surface area contributed by atoms with E-state index in [0.29, 0.717) is 42.4 Å². The summed E-state index contributed by atoms with van der Waals surface area (Å²) in [7, 11) is -2.93. The predicted octanol–water partition coefficient (Wildman–Crippen LogP) is 4.02. The lowest BCUT2D eigenvalue weighted by molar-refractivity contribution is -0.140. The van der Waals surface area contributed by atoms with E-state index >= 15 is 0 Å². The number of halogens is 1. The summed E-state index contributed by atoms with van der Waals surface area (Å²) in [5.74, 6) is 0.880. The molecule has 2 saturated heterocycles. The number of hydrogen-bond acceptors (Lipinski definition) is 5. The molecule has 0 aromatic heterocycles. The average Bonchev–Trinajstić information content (AvgIpc) is 3.33. The maximum Gasteiger partial charge on any atom is 0.226 e. The Morgan fingerprint density at radius 2 is 1.77 bits per heavy atom. The molecule has 3 aliphatic rings. The third kappa shape index (κ3) is 6.77. The first-order valence-corrected chi connectivity index (χ1v) is 15.1. The van der Waals surface area contributed by atoms with Crippen LogP contribution in [0.5, 0.6) is 0 Å². The zero-order valence-electron chi connectivity index (χ0n) is 20.9. The molecule has 194 valence electrons. The molecule has 1 aromatic carbocycles. The Morgan fingerprint density at radius 3 is 2.43 bits per heavy atom. The number of nitrogens with zero attached hydrogens (tertiary/aromatic N) is 2. The van der Waals surface area contributed by atoms with Crippen molar-refractivity contribution in [2.24, 2.45) is 11.8 Å². The lowest BCUT2D eigenvalue weighted by Crippen LogP contribution is -2.54. The molecule has 1 atom stereocenters. The molecule has 7 nitrogen and oxygen atoms in total. The first-order chi connectivity index (χ1) is 16.6. The third-order valence-corrected chi connectivity index (χ3v) is 9.93. The lowest BCUT2D eigenvalue weighted by Gasteiger charge is -2.41. The Balaban J connectivity index is 1.34. The van der Waals surface area contributed by atoms with Gasteiger partial charge in [-0.1, -0.05) is 24.4 Å². The minimum Gasteiger partial charge on any atom is -0.337 e. The van der Waals surface area contributed by atoms with Gasteiger partial charge in [0.2, 0.25) is 11.8 Å². The number of sulfone groups is 1. The zero-order valence-corrected chi connectivity index (χ0v) is 22.5. The Labute approximate surface area is 214 Å². The molecule has 3 fully saturated rings. The van der Waals surface area contributed by atoms with E-state index in [1.165, 1.54) is 12.8 Å². The quantitative estimate of drug-likeness (QED) is 0.608. The van der Waals surface area contributed by atoms with Crippen LogP contribution in [0.15, 0.2) is 12.1 Å². The van der Waals surface area contributed by atoms with Gasteiger partial charge in [0.1, 0.15) is 9.84 Å². The Morgan fingerprint density at radius 1 is 1.09 bits per heavy atom. The van der Waals surface area contributed by atoms with Crippen LogP contribution in [0.4, 0.5) is 5.69 Å². The van der Waals surface area contributed by atoms with Gasteiger partial charge in [0.05, 0.1) is 11.5 Å². The second-order valence-corrected chi connectivity index (χ2v) is 13.4. The second-order valence-electron chi connectivity index (χ2n) is 10.7. The van der Waals surface area contributed by atoms with Crippen molar-refractivity contribution in [3.05, 3.63) is 28.3 Å². The second kappa shape index (κ2) is 11.2. The molecule has 1 N–H and O–H groups in total. The molecule has 4 rings (SSSR count). The lowest BCUT2D eigenvalue weighted by atomic mass is 9.98. The number of amides is 2. The number of hydrogen-bond donors (Lipinski definition) is 1. The van der Waals surface area contributed by atoms with Crippen molar-refractivity contribution in [1.29, 1.82) is 0 Å². The fourth-order valence-corrected chi connectivity index (χ4v) is 7.62. The van der Waals surface area contributed by atoms with E-state index in [0.717, 1.165) is 43.6 Å². The Kier molecular flexibility index (Phi) is 8.44. The highest BCUT2D eigenvalue weighted by molar-refractivity contribution is 7.91. The van der Waals surface area contributed by atoms with Gasteiger partial charge in [-0.3, -0.25) is 14.5 Å². The van der Waals surface area contributed by atoms with Gasteiger partial charge in [0.25, 0.3) is 0 Å².